The molecule has 1 aromatic carbocycles. The molecule has 4 atom stereocenters. The van der Waals surface area contributed by atoms with E-state index in [0.29, 0.717) is 12.3 Å². The minimum Gasteiger partial charge on any atom is -0.496 e. The molecular formula is C26H38O3. The zero-order chi connectivity index (χ0) is 21.2. The molecule has 3 aliphatic rings. The van der Waals surface area contributed by atoms with Gasteiger partial charge in [0.05, 0.1) is 19.3 Å². The third-order valence-electron chi connectivity index (χ3n) is 8.55. The maximum absolute atomic E-state index is 13.0. The minimum absolute atomic E-state index is 0.0654. The number of hydrogen-bond acceptors (Lipinski definition) is 3. The Balaban J connectivity index is 1.93. The van der Waals surface area contributed by atoms with Gasteiger partial charge in [-0.3, -0.25) is 4.79 Å². The second-order valence-corrected chi connectivity index (χ2v) is 11.4. The fourth-order valence-corrected chi connectivity index (χ4v) is 7.22. The van der Waals surface area contributed by atoms with E-state index in [1.54, 1.807) is 7.11 Å². The lowest BCUT2D eigenvalue weighted by Gasteiger charge is -2.55. The molecule has 0 amide bonds. The first-order valence-corrected chi connectivity index (χ1v) is 11.3. The van der Waals surface area contributed by atoms with E-state index >= 15 is 0 Å². The van der Waals surface area contributed by atoms with Crippen LogP contribution in [0.2, 0.25) is 0 Å². The summed E-state index contributed by atoms with van der Waals surface area (Å²) in [5.41, 5.74) is 5.51. The molecule has 0 spiro atoms. The average molecular weight is 399 g/mol. The Morgan fingerprint density at radius 2 is 1.90 bits per heavy atom. The molecule has 1 unspecified atom stereocenters. The Kier molecular flexibility index (Phi) is 4.93. The molecule has 3 nitrogen and oxygen atoms in total. The van der Waals surface area contributed by atoms with Gasteiger partial charge in [0, 0.05) is 13.5 Å². The van der Waals surface area contributed by atoms with Crippen LogP contribution in [0.5, 0.6) is 5.75 Å². The number of carbonyl (C=O) groups excluding carboxylic acids is 1. The lowest BCUT2D eigenvalue weighted by Crippen LogP contribution is -2.51. The average Bonchev–Trinajstić information content (AvgIpc) is 2.99. The second-order valence-electron chi connectivity index (χ2n) is 11.4. The molecular weight excluding hydrogens is 360 g/mol. The number of hydrogen-bond donors (Lipinski definition) is 0. The summed E-state index contributed by atoms with van der Waals surface area (Å²) in [6.45, 7) is 12.5. The van der Waals surface area contributed by atoms with Gasteiger partial charge >= 0.3 is 0 Å². The van der Waals surface area contributed by atoms with Crippen molar-refractivity contribution in [3.8, 4) is 5.75 Å². The van der Waals surface area contributed by atoms with Crippen molar-refractivity contribution in [2.75, 3.05) is 20.8 Å². The van der Waals surface area contributed by atoms with Gasteiger partial charge in [-0.2, -0.15) is 0 Å². The normalized spacial score (nSPS) is 33.8. The molecule has 29 heavy (non-hydrogen) atoms. The summed E-state index contributed by atoms with van der Waals surface area (Å²) in [7, 11) is 3.56. The van der Waals surface area contributed by atoms with Crippen LogP contribution in [0.4, 0.5) is 0 Å². The zero-order valence-corrected chi connectivity index (χ0v) is 19.4. The molecule has 4 rings (SSSR count). The summed E-state index contributed by atoms with van der Waals surface area (Å²) in [5.74, 6) is 1.95. The van der Waals surface area contributed by atoms with Crippen molar-refractivity contribution in [2.45, 2.75) is 84.5 Å². The number of fused-ring (bicyclic) bond motifs is 5. The predicted molar refractivity (Wildman–Crippen MR) is 117 cm³/mol. The molecule has 0 aromatic heterocycles. The maximum atomic E-state index is 13.0. The van der Waals surface area contributed by atoms with Crippen LogP contribution in [-0.2, 0) is 16.6 Å². The first-order valence-electron chi connectivity index (χ1n) is 11.3. The molecule has 1 saturated carbocycles. The maximum Gasteiger partial charge on any atom is 0.167 e. The standard InChI is InChI=1S/C26H38O3/c1-24(2,3)18-13-19(27)23-20(29-7)14-17-16(22(18)23)9-10-21-25(4,15-28-6)11-8-12-26(17,21)5/h14,18,21H,8-13,15H2,1-7H3/t18?,21-,25+,26+/m0/s1. The Morgan fingerprint density at radius 3 is 2.52 bits per heavy atom. The Morgan fingerprint density at radius 1 is 1.17 bits per heavy atom. The largest absolute Gasteiger partial charge is 0.496 e. The highest BCUT2D eigenvalue weighted by Crippen LogP contribution is 2.60. The lowest BCUT2D eigenvalue weighted by atomic mass is 9.49. The third-order valence-corrected chi connectivity index (χ3v) is 8.55. The van der Waals surface area contributed by atoms with Crippen LogP contribution in [0.25, 0.3) is 0 Å². The van der Waals surface area contributed by atoms with Gasteiger partial charge in [-0.25, -0.2) is 0 Å². The molecule has 0 heterocycles. The SMILES string of the molecule is COC[C@@]1(C)CCC[C@]2(C)c3cc(OC)c4c(c3CC[C@@H]12)C(C(C)(C)C)CC4=O. The van der Waals surface area contributed by atoms with Gasteiger partial charge in [0.15, 0.2) is 5.78 Å². The quantitative estimate of drug-likeness (QED) is 0.620. The van der Waals surface area contributed by atoms with Crippen LogP contribution in [-0.4, -0.2) is 26.6 Å². The van der Waals surface area contributed by atoms with Crippen molar-refractivity contribution in [1.29, 1.82) is 0 Å². The summed E-state index contributed by atoms with van der Waals surface area (Å²) in [5, 5.41) is 0. The first-order chi connectivity index (χ1) is 13.6. The fourth-order valence-electron chi connectivity index (χ4n) is 7.22. The van der Waals surface area contributed by atoms with Gasteiger partial charge in [-0.1, -0.05) is 41.0 Å². The van der Waals surface area contributed by atoms with E-state index in [0.717, 1.165) is 24.3 Å². The van der Waals surface area contributed by atoms with Crippen molar-refractivity contribution in [3.05, 3.63) is 28.3 Å². The molecule has 0 aliphatic heterocycles. The molecule has 3 aliphatic carbocycles. The molecule has 3 heteroatoms. The Labute approximate surface area is 176 Å². The van der Waals surface area contributed by atoms with Crippen molar-refractivity contribution < 1.29 is 14.3 Å². The molecule has 0 N–H and O–H groups in total. The van der Waals surface area contributed by atoms with Crippen LogP contribution in [0.3, 0.4) is 0 Å². The van der Waals surface area contributed by atoms with Gasteiger partial charge in [0.2, 0.25) is 0 Å². The van der Waals surface area contributed by atoms with Crippen LogP contribution in [0.15, 0.2) is 6.07 Å². The first kappa shape index (κ1) is 20.9. The highest BCUT2D eigenvalue weighted by atomic mass is 16.5. The van der Waals surface area contributed by atoms with E-state index < -0.39 is 0 Å². The molecule has 0 bridgehead atoms. The van der Waals surface area contributed by atoms with Crippen molar-refractivity contribution in [1.82, 2.24) is 0 Å². The molecule has 160 valence electrons. The smallest absolute Gasteiger partial charge is 0.167 e. The number of methoxy groups -OCH3 is 2. The summed E-state index contributed by atoms with van der Waals surface area (Å²) in [6, 6.07) is 2.24. The van der Waals surface area contributed by atoms with Gasteiger partial charge < -0.3 is 9.47 Å². The van der Waals surface area contributed by atoms with E-state index in [-0.39, 0.29) is 27.9 Å². The van der Waals surface area contributed by atoms with Crippen molar-refractivity contribution in [2.24, 2.45) is 16.7 Å². The summed E-state index contributed by atoms with van der Waals surface area (Å²) >= 11 is 0. The number of carbonyl (C=O) groups is 1. The number of Topliss-reactive ketones (excluding diaryl/α,β-unsaturated/α-hetero) is 1. The lowest BCUT2D eigenvalue weighted by molar-refractivity contribution is -0.0326. The molecule has 1 aromatic rings. The molecule has 0 radical (unpaired) electrons. The number of ether oxygens (including phenoxy) is 2. The molecule has 1 fully saturated rings. The van der Waals surface area contributed by atoms with E-state index in [2.05, 4.69) is 40.7 Å². The van der Waals surface area contributed by atoms with Gasteiger partial charge in [0.25, 0.3) is 0 Å². The highest BCUT2D eigenvalue weighted by Gasteiger charge is 2.53. The Hall–Kier alpha value is -1.35. The fraction of sp³-hybridized carbons (Fsp3) is 0.731. The number of benzene rings is 1. The van der Waals surface area contributed by atoms with Crippen LogP contribution >= 0.6 is 0 Å². The van der Waals surface area contributed by atoms with Gasteiger partial charge in [-0.15, -0.1) is 0 Å². The second kappa shape index (κ2) is 6.83. The monoisotopic (exact) mass is 398 g/mol. The Bertz CT molecular complexity index is 829. The van der Waals surface area contributed by atoms with Gasteiger partial charge in [0.1, 0.15) is 5.75 Å². The van der Waals surface area contributed by atoms with E-state index in [1.165, 1.54) is 42.4 Å². The summed E-state index contributed by atoms with van der Waals surface area (Å²) < 4.78 is 11.5. The summed E-state index contributed by atoms with van der Waals surface area (Å²) in [6.07, 6.45) is 6.55. The van der Waals surface area contributed by atoms with Crippen molar-refractivity contribution >= 4 is 5.78 Å². The van der Waals surface area contributed by atoms with E-state index in [4.69, 9.17) is 9.47 Å². The van der Waals surface area contributed by atoms with Crippen LogP contribution in [0, 0.1) is 16.7 Å². The number of rotatable bonds is 3. The van der Waals surface area contributed by atoms with Crippen LogP contribution in [0.1, 0.15) is 99.7 Å². The zero-order valence-electron chi connectivity index (χ0n) is 19.4. The predicted octanol–water partition coefficient (Wildman–Crippen LogP) is 6.07. The highest BCUT2D eigenvalue weighted by molar-refractivity contribution is 6.04. The topological polar surface area (TPSA) is 35.5 Å². The van der Waals surface area contributed by atoms with E-state index in [1.807, 2.05) is 7.11 Å². The third kappa shape index (κ3) is 2.99. The van der Waals surface area contributed by atoms with Crippen LogP contribution < -0.4 is 4.74 Å². The summed E-state index contributed by atoms with van der Waals surface area (Å²) in [4.78, 5) is 13.0. The number of ketones is 1. The minimum atomic E-state index is 0.0654. The van der Waals surface area contributed by atoms with Gasteiger partial charge in [-0.05, 0) is 76.5 Å². The molecule has 0 saturated heterocycles. The van der Waals surface area contributed by atoms with Crippen molar-refractivity contribution in [3.63, 3.8) is 0 Å². The van der Waals surface area contributed by atoms with E-state index in [9.17, 15) is 4.79 Å².